The van der Waals surface area contributed by atoms with Crippen LogP contribution >= 0.6 is 11.3 Å². The van der Waals surface area contributed by atoms with E-state index in [9.17, 15) is 4.39 Å². The number of alkyl halides is 1. The molecule has 0 saturated carbocycles. The molecule has 2 rings (SSSR count). The maximum atomic E-state index is 13.4. The summed E-state index contributed by atoms with van der Waals surface area (Å²) in [5.41, 5.74) is -0.954. The van der Waals surface area contributed by atoms with E-state index in [2.05, 4.69) is 5.32 Å². The van der Waals surface area contributed by atoms with Gasteiger partial charge in [-0.2, -0.15) is 0 Å². The second-order valence-corrected chi connectivity index (χ2v) is 4.04. The van der Waals surface area contributed by atoms with Gasteiger partial charge in [-0.3, -0.25) is 0 Å². The van der Waals surface area contributed by atoms with Crippen molar-refractivity contribution in [2.75, 3.05) is 13.1 Å². The molecule has 1 saturated heterocycles. The molecule has 1 aliphatic rings. The quantitative estimate of drug-likeness (QED) is 0.712. The van der Waals surface area contributed by atoms with Crippen LogP contribution in [0.4, 0.5) is 4.39 Å². The number of hydrogen-bond acceptors (Lipinski definition) is 2. The van der Waals surface area contributed by atoms with E-state index in [4.69, 9.17) is 0 Å². The predicted octanol–water partition coefficient (Wildman–Crippen LogP) is 1.60. The Morgan fingerprint density at radius 3 is 2.91 bits per heavy atom. The van der Waals surface area contributed by atoms with Crippen molar-refractivity contribution in [2.45, 2.75) is 12.1 Å². The second kappa shape index (κ2) is 2.57. The molecule has 60 valence electrons. The highest BCUT2D eigenvalue weighted by Gasteiger charge is 2.36. The number of hydrogen-bond donors (Lipinski definition) is 1. The lowest BCUT2D eigenvalue weighted by Crippen LogP contribution is -2.57. The Hall–Kier alpha value is -0.410. The highest BCUT2D eigenvalue weighted by atomic mass is 32.1. The van der Waals surface area contributed by atoms with Crippen LogP contribution in [0.25, 0.3) is 0 Å². The number of rotatable bonds is 2. The van der Waals surface area contributed by atoms with E-state index in [-0.39, 0.29) is 0 Å². The molecule has 0 aromatic carbocycles. The molecule has 0 spiro atoms. The summed E-state index contributed by atoms with van der Waals surface area (Å²) in [5.74, 6) is 0. The maximum absolute atomic E-state index is 13.4. The molecule has 1 aromatic heterocycles. The van der Waals surface area contributed by atoms with Crippen molar-refractivity contribution in [3.8, 4) is 0 Å². The molecule has 1 fully saturated rings. The molecular weight excluding hydrogens is 161 g/mol. The van der Waals surface area contributed by atoms with Crippen LogP contribution in [0.5, 0.6) is 0 Å². The minimum absolute atomic E-state index is 0.519. The Balaban J connectivity index is 2.00. The predicted molar refractivity (Wildman–Crippen MR) is 44.7 cm³/mol. The third-order valence-corrected chi connectivity index (χ3v) is 2.83. The lowest BCUT2D eigenvalue weighted by atomic mass is 9.95. The van der Waals surface area contributed by atoms with Crippen molar-refractivity contribution < 1.29 is 4.39 Å². The zero-order valence-corrected chi connectivity index (χ0v) is 6.96. The van der Waals surface area contributed by atoms with Gasteiger partial charge in [0.25, 0.3) is 0 Å². The molecule has 11 heavy (non-hydrogen) atoms. The standard InChI is InChI=1S/C8H10FNS/c9-8(5-10-6-8)4-7-2-1-3-11-7/h1-3,10H,4-6H2. The second-order valence-electron chi connectivity index (χ2n) is 3.01. The first kappa shape index (κ1) is 7.25. The lowest BCUT2D eigenvalue weighted by molar-refractivity contribution is 0.0921. The summed E-state index contributed by atoms with van der Waals surface area (Å²) in [7, 11) is 0. The fourth-order valence-corrected chi connectivity index (χ4v) is 2.08. The van der Waals surface area contributed by atoms with Crippen LogP contribution in [0.2, 0.25) is 0 Å². The normalized spacial score (nSPS) is 21.2. The minimum atomic E-state index is -0.954. The van der Waals surface area contributed by atoms with Crippen molar-refractivity contribution >= 4 is 11.3 Å². The van der Waals surface area contributed by atoms with E-state index in [0.717, 1.165) is 4.88 Å². The smallest absolute Gasteiger partial charge is 0.140 e. The summed E-state index contributed by atoms with van der Waals surface area (Å²) in [6.45, 7) is 1.04. The molecule has 0 bridgehead atoms. The van der Waals surface area contributed by atoms with E-state index < -0.39 is 5.67 Å². The molecular formula is C8H10FNS. The summed E-state index contributed by atoms with van der Waals surface area (Å²) in [6.07, 6.45) is 0.581. The Kier molecular flexibility index (Phi) is 1.69. The van der Waals surface area contributed by atoms with E-state index in [1.54, 1.807) is 11.3 Å². The largest absolute Gasteiger partial charge is 0.310 e. The summed E-state index contributed by atoms with van der Waals surface area (Å²) in [4.78, 5) is 1.15. The van der Waals surface area contributed by atoms with E-state index in [1.165, 1.54) is 0 Å². The fraction of sp³-hybridized carbons (Fsp3) is 0.500. The maximum Gasteiger partial charge on any atom is 0.140 e. The van der Waals surface area contributed by atoms with Gasteiger partial charge in [-0.1, -0.05) is 6.07 Å². The van der Waals surface area contributed by atoms with E-state index in [0.29, 0.717) is 19.5 Å². The van der Waals surface area contributed by atoms with Crippen LogP contribution in [0.3, 0.4) is 0 Å². The Labute approximate surface area is 69.2 Å². The van der Waals surface area contributed by atoms with Crippen molar-refractivity contribution in [3.63, 3.8) is 0 Å². The summed E-state index contributed by atoms with van der Waals surface area (Å²) in [5, 5.41) is 4.93. The first-order valence-corrected chi connectivity index (χ1v) is 4.59. The Bertz CT molecular complexity index is 228. The third kappa shape index (κ3) is 1.44. The van der Waals surface area contributed by atoms with Gasteiger partial charge < -0.3 is 5.32 Å². The van der Waals surface area contributed by atoms with E-state index in [1.807, 2.05) is 17.5 Å². The van der Waals surface area contributed by atoms with Gasteiger partial charge in [0, 0.05) is 24.4 Å². The SMILES string of the molecule is FC1(Cc2cccs2)CNC1. The van der Waals surface area contributed by atoms with E-state index >= 15 is 0 Å². The first-order chi connectivity index (χ1) is 5.29. The fourth-order valence-electron chi connectivity index (χ4n) is 1.25. The summed E-state index contributed by atoms with van der Waals surface area (Å²) < 4.78 is 13.4. The molecule has 1 N–H and O–H groups in total. The molecule has 2 heterocycles. The molecule has 0 amide bonds. The number of halogens is 1. The summed E-state index contributed by atoms with van der Waals surface area (Å²) in [6, 6.07) is 3.96. The average molecular weight is 171 g/mol. The zero-order chi connectivity index (χ0) is 7.73. The van der Waals surface area contributed by atoms with Gasteiger partial charge >= 0.3 is 0 Å². The molecule has 3 heteroatoms. The van der Waals surface area contributed by atoms with Gasteiger partial charge in [-0.25, -0.2) is 4.39 Å². The van der Waals surface area contributed by atoms with Crippen molar-refractivity contribution in [1.29, 1.82) is 0 Å². The van der Waals surface area contributed by atoms with Crippen LogP contribution in [-0.2, 0) is 6.42 Å². The molecule has 1 aromatic rings. The van der Waals surface area contributed by atoms with Crippen LogP contribution in [0.1, 0.15) is 4.88 Å². The van der Waals surface area contributed by atoms with Crippen molar-refractivity contribution in [3.05, 3.63) is 22.4 Å². The summed E-state index contributed by atoms with van der Waals surface area (Å²) >= 11 is 1.63. The van der Waals surface area contributed by atoms with Gasteiger partial charge in [0.15, 0.2) is 0 Å². The van der Waals surface area contributed by atoms with Crippen LogP contribution in [0.15, 0.2) is 17.5 Å². The van der Waals surface area contributed by atoms with Gasteiger partial charge in [0.2, 0.25) is 0 Å². The highest BCUT2D eigenvalue weighted by Crippen LogP contribution is 2.24. The topological polar surface area (TPSA) is 12.0 Å². The monoisotopic (exact) mass is 171 g/mol. The molecule has 0 aliphatic carbocycles. The number of nitrogens with one attached hydrogen (secondary N) is 1. The van der Waals surface area contributed by atoms with Gasteiger partial charge in [0.1, 0.15) is 5.67 Å². The van der Waals surface area contributed by atoms with Crippen molar-refractivity contribution in [1.82, 2.24) is 5.32 Å². The lowest BCUT2D eigenvalue weighted by Gasteiger charge is -2.34. The highest BCUT2D eigenvalue weighted by molar-refractivity contribution is 7.09. The zero-order valence-electron chi connectivity index (χ0n) is 6.14. The van der Waals surface area contributed by atoms with Crippen LogP contribution < -0.4 is 5.32 Å². The Morgan fingerprint density at radius 2 is 2.45 bits per heavy atom. The minimum Gasteiger partial charge on any atom is -0.310 e. The van der Waals surface area contributed by atoms with Gasteiger partial charge in [-0.15, -0.1) is 11.3 Å². The molecule has 0 atom stereocenters. The third-order valence-electron chi connectivity index (χ3n) is 1.95. The van der Waals surface area contributed by atoms with Gasteiger partial charge in [0.05, 0.1) is 0 Å². The molecule has 1 aliphatic heterocycles. The molecule has 0 unspecified atom stereocenters. The van der Waals surface area contributed by atoms with Gasteiger partial charge in [-0.05, 0) is 11.4 Å². The van der Waals surface area contributed by atoms with Crippen LogP contribution in [0, 0.1) is 0 Å². The average Bonchev–Trinajstić information content (AvgIpc) is 2.36. The van der Waals surface area contributed by atoms with Crippen molar-refractivity contribution in [2.24, 2.45) is 0 Å². The Morgan fingerprint density at radius 1 is 1.64 bits per heavy atom. The molecule has 1 nitrogen and oxygen atoms in total. The number of thiophene rings is 1. The molecule has 0 radical (unpaired) electrons. The van der Waals surface area contributed by atoms with Crippen LogP contribution in [-0.4, -0.2) is 18.8 Å². The first-order valence-electron chi connectivity index (χ1n) is 3.71.